The van der Waals surface area contributed by atoms with Gasteiger partial charge in [-0.25, -0.2) is 0 Å². The predicted octanol–water partition coefficient (Wildman–Crippen LogP) is 1.75. The van der Waals surface area contributed by atoms with E-state index >= 15 is 0 Å². The zero-order chi connectivity index (χ0) is 19.0. The van der Waals surface area contributed by atoms with E-state index < -0.39 is 5.91 Å². The van der Waals surface area contributed by atoms with Crippen molar-refractivity contribution in [3.8, 4) is 17.2 Å². The number of aromatic nitrogens is 3. The molecule has 1 heterocycles. The van der Waals surface area contributed by atoms with Gasteiger partial charge in [0.2, 0.25) is 5.91 Å². The summed E-state index contributed by atoms with van der Waals surface area (Å²) in [5, 5.41) is 29.6. The topological polar surface area (TPSA) is 123 Å². The molecule has 136 valence electrons. The molecule has 4 N–H and O–H groups in total. The minimum atomic E-state index is -0.546. The van der Waals surface area contributed by atoms with Gasteiger partial charge in [-0.2, -0.15) is 0 Å². The molecule has 0 aliphatic carbocycles. The molecule has 1 aromatic heterocycles. The fourth-order valence-electron chi connectivity index (χ4n) is 2.84. The van der Waals surface area contributed by atoms with Gasteiger partial charge in [0.05, 0.1) is 6.61 Å². The van der Waals surface area contributed by atoms with Crippen molar-refractivity contribution in [1.82, 2.24) is 15.0 Å². The summed E-state index contributed by atoms with van der Waals surface area (Å²) in [5.74, 6) is 0.0789. The van der Waals surface area contributed by atoms with Crippen molar-refractivity contribution < 1.29 is 19.7 Å². The Morgan fingerprint density at radius 1 is 1.04 bits per heavy atom. The van der Waals surface area contributed by atoms with Crippen molar-refractivity contribution in [3.63, 3.8) is 0 Å². The lowest BCUT2D eigenvalue weighted by Gasteiger charge is -2.08. The Morgan fingerprint density at radius 3 is 2.63 bits per heavy atom. The molecule has 4 rings (SSSR count). The van der Waals surface area contributed by atoms with Crippen LogP contribution in [0.25, 0.3) is 27.5 Å². The molecule has 0 saturated heterocycles. The molecule has 0 radical (unpaired) electrons. The van der Waals surface area contributed by atoms with E-state index in [9.17, 15) is 9.90 Å². The third-order valence-corrected chi connectivity index (χ3v) is 4.15. The summed E-state index contributed by atoms with van der Waals surface area (Å²) >= 11 is 0. The lowest BCUT2D eigenvalue weighted by Crippen LogP contribution is -2.10. The maximum atomic E-state index is 11.3. The summed E-state index contributed by atoms with van der Waals surface area (Å²) in [6.07, 6.45) is 0. The number of carbonyl (C=O) groups is 1. The van der Waals surface area contributed by atoms with Crippen LogP contribution in [-0.2, 0) is 0 Å². The number of rotatable bonds is 5. The smallest absolute Gasteiger partial charge is 0.248 e. The number of phenolic OH excluding ortho intramolecular Hbond substituents is 1. The summed E-state index contributed by atoms with van der Waals surface area (Å²) in [6, 6.07) is 13.5. The Bertz CT molecular complexity index is 1170. The van der Waals surface area contributed by atoms with Crippen molar-refractivity contribution in [2.45, 2.75) is 0 Å². The van der Waals surface area contributed by atoms with Gasteiger partial charge in [0.1, 0.15) is 34.8 Å². The molecule has 0 aliphatic rings. The molecule has 0 bridgehead atoms. The van der Waals surface area contributed by atoms with Gasteiger partial charge in [0, 0.05) is 5.56 Å². The number of hydrogen-bond acceptors (Lipinski definition) is 6. The van der Waals surface area contributed by atoms with Crippen LogP contribution in [-0.4, -0.2) is 44.3 Å². The largest absolute Gasteiger partial charge is 0.506 e. The number of amides is 1. The summed E-state index contributed by atoms with van der Waals surface area (Å²) in [4.78, 5) is 12.6. The molecule has 8 nitrogen and oxygen atoms in total. The van der Waals surface area contributed by atoms with E-state index in [2.05, 4.69) is 10.2 Å². The summed E-state index contributed by atoms with van der Waals surface area (Å²) in [5.41, 5.74) is 7.08. The maximum Gasteiger partial charge on any atom is 0.248 e. The van der Waals surface area contributed by atoms with Crippen LogP contribution in [0, 0.1) is 0 Å². The standard InChI is InChI=1S/C19H16N4O4/c20-19(26)12-2-4-15-16(8-12)22-23(21-15)17-9-13-7-14(27-6-5-24)3-1-11(13)10-18(17)25/h1-4,7-10,24-25H,5-6H2,(H2,20,26). The molecule has 3 aromatic carbocycles. The molecule has 27 heavy (non-hydrogen) atoms. The molecule has 0 atom stereocenters. The Labute approximate surface area is 153 Å². The second-order valence-corrected chi connectivity index (χ2v) is 5.98. The number of nitrogens with zero attached hydrogens (tertiary/aromatic N) is 3. The van der Waals surface area contributed by atoms with Gasteiger partial charge in [-0.05, 0) is 53.2 Å². The number of aliphatic hydroxyl groups is 1. The molecule has 4 aromatic rings. The highest BCUT2D eigenvalue weighted by Crippen LogP contribution is 2.30. The van der Waals surface area contributed by atoms with Crippen molar-refractivity contribution in [3.05, 3.63) is 54.1 Å². The van der Waals surface area contributed by atoms with Crippen LogP contribution in [0.2, 0.25) is 0 Å². The monoisotopic (exact) mass is 364 g/mol. The van der Waals surface area contributed by atoms with Crippen LogP contribution in [0.1, 0.15) is 10.4 Å². The number of primary amides is 1. The summed E-state index contributed by atoms with van der Waals surface area (Å²) < 4.78 is 5.43. The molecule has 8 heteroatoms. The van der Waals surface area contributed by atoms with Crippen LogP contribution < -0.4 is 10.5 Å². The number of ether oxygens (including phenoxy) is 1. The van der Waals surface area contributed by atoms with E-state index in [1.54, 1.807) is 36.4 Å². The quantitative estimate of drug-likeness (QED) is 0.496. The zero-order valence-corrected chi connectivity index (χ0v) is 14.2. The number of aliphatic hydroxyl groups excluding tert-OH is 1. The van der Waals surface area contributed by atoms with Gasteiger partial charge in [-0.1, -0.05) is 6.07 Å². The van der Waals surface area contributed by atoms with Gasteiger partial charge in [-0.3, -0.25) is 4.79 Å². The molecular formula is C19H16N4O4. The van der Waals surface area contributed by atoms with E-state index in [0.29, 0.717) is 28.0 Å². The Balaban J connectivity index is 1.80. The average molecular weight is 364 g/mol. The van der Waals surface area contributed by atoms with Gasteiger partial charge in [0.25, 0.3) is 0 Å². The van der Waals surface area contributed by atoms with Gasteiger partial charge in [0.15, 0.2) is 0 Å². The SMILES string of the molecule is NC(=O)c1ccc2nn(-c3cc4cc(OCCO)ccc4cc3O)nc2c1. The van der Waals surface area contributed by atoms with Gasteiger partial charge < -0.3 is 20.7 Å². The normalized spacial score (nSPS) is 11.1. The number of nitrogens with two attached hydrogens (primary N) is 1. The highest BCUT2D eigenvalue weighted by molar-refractivity contribution is 5.96. The van der Waals surface area contributed by atoms with Gasteiger partial charge in [-0.15, -0.1) is 15.0 Å². The second-order valence-electron chi connectivity index (χ2n) is 5.98. The van der Waals surface area contributed by atoms with Crippen molar-refractivity contribution in [1.29, 1.82) is 0 Å². The molecule has 0 saturated carbocycles. The minimum absolute atomic E-state index is 0.0157. The molecular weight excluding hydrogens is 348 g/mol. The Morgan fingerprint density at radius 2 is 1.85 bits per heavy atom. The number of fused-ring (bicyclic) bond motifs is 2. The Kier molecular flexibility index (Phi) is 4.09. The lowest BCUT2D eigenvalue weighted by molar-refractivity contribution is 0.100. The maximum absolute atomic E-state index is 11.3. The molecule has 0 spiro atoms. The molecule has 0 aliphatic heterocycles. The van der Waals surface area contributed by atoms with Gasteiger partial charge >= 0.3 is 0 Å². The van der Waals surface area contributed by atoms with Crippen LogP contribution in [0.3, 0.4) is 0 Å². The van der Waals surface area contributed by atoms with Crippen LogP contribution in [0.15, 0.2) is 48.5 Å². The summed E-state index contributed by atoms with van der Waals surface area (Å²) in [7, 11) is 0. The van der Waals surface area contributed by atoms with Crippen molar-refractivity contribution in [2.75, 3.05) is 13.2 Å². The fraction of sp³-hybridized carbons (Fsp3) is 0.105. The first-order valence-corrected chi connectivity index (χ1v) is 8.23. The van der Waals surface area contributed by atoms with E-state index in [4.69, 9.17) is 15.6 Å². The van der Waals surface area contributed by atoms with E-state index in [-0.39, 0.29) is 19.0 Å². The first-order valence-electron chi connectivity index (χ1n) is 8.23. The Hall–Kier alpha value is -3.65. The van der Waals surface area contributed by atoms with Crippen molar-refractivity contribution >= 4 is 27.7 Å². The fourth-order valence-corrected chi connectivity index (χ4v) is 2.84. The number of hydrogen-bond donors (Lipinski definition) is 3. The number of benzene rings is 3. The molecule has 1 amide bonds. The first-order chi connectivity index (χ1) is 13.0. The zero-order valence-electron chi connectivity index (χ0n) is 14.2. The summed E-state index contributed by atoms with van der Waals surface area (Å²) in [6.45, 7) is 0.126. The van der Waals surface area contributed by atoms with E-state index in [1.165, 1.54) is 4.80 Å². The minimum Gasteiger partial charge on any atom is -0.506 e. The number of aromatic hydroxyl groups is 1. The second kappa shape index (κ2) is 6.58. The van der Waals surface area contributed by atoms with Crippen molar-refractivity contribution in [2.24, 2.45) is 5.73 Å². The first kappa shape index (κ1) is 16.8. The van der Waals surface area contributed by atoms with E-state index in [0.717, 1.165) is 10.8 Å². The van der Waals surface area contributed by atoms with Crippen LogP contribution >= 0.6 is 0 Å². The van der Waals surface area contributed by atoms with Crippen LogP contribution in [0.5, 0.6) is 11.5 Å². The third kappa shape index (κ3) is 3.13. The number of carbonyl (C=O) groups excluding carboxylic acids is 1. The third-order valence-electron chi connectivity index (χ3n) is 4.15. The number of phenols is 1. The average Bonchev–Trinajstić information content (AvgIpc) is 3.08. The predicted molar refractivity (Wildman–Crippen MR) is 99.1 cm³/mol. The van der Waals surface area contributed by atoms with E-state index in [1.807, 2.05) is 12.1 Å². The highest BCUT2D eigenvalue weighted by atomic mass is 16.5. The highest BCUT2D eigenvalue weighted by Gasteiger charge is 2.12. The lowest BCUT2D eigenvalue weighted by atomic mass is 10.1. The van der Waals surface area contributed by atoms with Crippen LogP contribution in [0.4, 0.5) is 0 Å². The molecule has 0 fully saturated rings. The molecule has 0 unspecified atom stereocenters.